The molecule has 6 aromatic rings. The topological polar surface area (TPSA) is 30.3 Å². The second kappa shape index (κ2) is 13.4. The van der Waals surface area contributed by atoms with Crippen molar-refractivity contribution in [2.75, 3.05) is 9.80 Å². The van der Waals surface area contributed by atoms with Gasteiger partial charge in [-0.25, -0.2) is 0 Å². The van der Waals surface area contributed by atoms with Crippen LogP contribution in [0.15, 0.2) is 78.9 Å². The van der Waals surface area contributed by atoms with E-state index in [-0.39, 0.29) is 39.2 Å². The number of fused-ring (bicyclic) bond motifs is 9. The zero-order valence-electron chi connectivity index (χ0n) is 40.7. The van der Waals surface area contributed by atoms with E-state index in [0.29, 0.717) is 5.56 Å². The molecule has 3 heterocycles. The molecule has 5 heteroatoms. The van der Waals surface area contributed by atoms with Gasteiger partial charge in [-0.05, 0) is 162 Å². The van der Waals surface area contributed by atoms with E-state index in [9.17, 15) is 5.26 Å². The van der Waals surface area contributed by atoms with Gasteiger partial charge in [0.25, 0.3) is 6.71 Å². The summed E-state index contributed by atoms with van der Waals surface area (Å²) in [5.41, 5.74) is 20.5. The monoisotopic (exact) mass is 848 g/mol. The predicted molar refractivity (Wildman–Crippen MR) is 273 cm³/mol. The molecule has 0 saturated heterocycles. The van der Waals surface area contributed by atoms with E-state index in [1.54, 1.807) is 0 Å². The maximum Gasteiger partial charge on any atom is 0.254 e. The molecule has 2 aliphatic carbocycles. The molecule has 322 valence electrons. The summed E-state index contributed by atoms with van der Waals surface area (Å²) < 4.78 is 1.31. The van der Waals surface area contributed by atoms with Crippen LogP contribution in [0.25, 0.3) is 10.1 Å². The molecule has 0 bridgehead atoms. The van der Waals surface area contributed by atoms with Crippen LogP contribution in [0.2, 0.25) is 0 Å². The number of rotatable bonds is 2. The summed E-state index contributed by atoms with van der Waals surface area (Å²) in [7, 11) is 0. The average Bonchev–Trinajstić information content (AvgIpc) is 3.59. The van der Waals surface area contributed by atoms with Crippen molar-refractivity contribution in [1.82, 2.24) is 0 Å². The third kappa shape index (κ3) is 6.24. The summed E-state index contributed by atoms with van der Waals surface area (Å²) in [5, 5.41) is 13.7. The van der Waals surface area contributed by atoms with Gasteiger partial charge in [0.15, 0.2) is 0 Å². The molecule has 0 unspecified atom stereocenters. The van der Waals surface area contributed by atoms with Crippen LogP contribution in [0, 0.1) is 18.3 Å². The lowest BCUT2D eigenvalue weighted by Gasteiger charge is -2.49. The lowest BCUT2D eigenvalue weighted by atomic mass is 9.33. The Morgan fingerprint density at radius 3 is 1.79 bits per heavy atom. The SMILES string of the molecule is Cc1cc(C(C)(C)C)ccc1N1c2cc(C#N)cc3c2B(c2ccc4c(c2N3c2ccc3c(c2)C(C)(C)CCC3(C)C)C(C)(C)CCC4(C)C)c2c1sc1ccc(C(C)(C)C)cc21. The van der Waals surface area contributed by atoms with E-state index in [4.69, 9.17) is 0 Å². The number of nitrogens with zero attached hydrogens (tertiary/aromatic N) is 3. The van der Waals surface area contributed by atoms with E-state index >= 15 is 0 Å². The molecule has 2 aliphatic heterocycles. The summed E-state index contributed by atoms with van der Waals surface area (Å²) in [6.07, 6.45) is 4.59. The molecule has 0 amide bonds. The van der Waals surface area contributed by atoms with Gasteiger partial charge in [-0.2, -0.15) is 5.26 Å². The molecule has 0 fully saturated rings. The zero-order valence-corrected chi connectivity index (χ0v) is 41.5. The van der Waals surface area contributed by atoms with Crippen LogP contribution >= 0.6 is 11.3 Å². The largest absolute Gasteiger partial charge is 0.311 e. The molecule has 0 radical (unpaired) electrons. The van der Waals surface area contributed by atoms with Gasteiger partial charge in [0.2, 0.25) is 0 Å². The Bertz CT molecular complexity index is 2970. The van der Waals surface area contributed by atoms with Crippen LogP contribution in [0.4, 0.5) is 33.4 Å². The number of benzene rings is 5. The highest BCUT2D eigenvalue weighted by Gasteiger charge is 2.50. The first kappa shape index (κ1) is 42.2. The Labute approximate surface area is 382 Å². The van der Waals surface area contributed by atoms with Crippen LogP contribution in [0.5, 0.6) is 0 Å². The molecule has 10 rings (SSSR count). The molecular weight excluding hydrogens is 782 g/mol. The highest BCUT2D eigenvalue weighted by Crippen LogP contribution is 2.56. The summed E-state index contributed by atoms with van der Waals surface area (Å²) in [4.78, 5) is 5.18. The van der Waals surface area contributed by atoms with E-state index in [2.05, 4.69) is 199 Å². The fraction of sp³-hybridized carbons (Fsp3) is 0.431. The number of anilines is 6. The average molecular weight is 848 g/mol. The van der Waals surface area contributed by atoms with Crippen molar-refractivity contribution in [3.63, 3.8) is 0 Å². The van der Waals surface area contributed by atoms with Crippen molar-refractivity contribution < 1.29 is 0 Å². The second-order valence-corrected chi connectivity index (χ2v) is 25.4. The number of hydrogen-bond acceptors (Lipinski definition) is 4. The van der Waals surface area contributed by atoms with E-state index in [1.807, 2.05) is 11.3 Å². The Kier molecular flexibility index (Phi) is 8.96. The Hall–Kier alpha value is -4.79. The molecule has 0 saturated carbocycles. The van der Waals surface area contributed by atoms with Crippen molar-refractivity contribution in [2.24, 2.45) is 0 Å². The van der Waals surface area contributed by atoms with Gasteiger partial charge in [-0.15, -0.1) is 11.3 Å². The van der Waals surface area contributed by atoms with Gasteiger partial charge >= 0.3 is 0 Å². The normalized spacial score (nSPS) is 18.9. The maximum absolute atomic E-state index is 11.1. The van der Waals surface area contributed by atoms with E-state index < -0.39 is 0 Å². The molecule has 0 spiro atoms. The first-order chi connectivity index (χ1) is 29.3. The first-order valence-electron chi connectivity index (χ1n) is 23.5. The fourth-order valence-electron chi connectivity index (χ4n) is 11.9. The van der Waals surface area contributed by atoms with Gasteiger partial charge in [-0.1, -0.05) is 139 Å². The Balaban J connectivity index is 1.38. The molecule has 5 aromatic carbocycles. The molecule has 3 nitrogen and oxygen atoms in total. The minimum Gasteiger partial charge on any atom is -0.311 e. The second-order valence-electron chi connectivity index (χ2n) is 24.4. The zero-order chi connectivity index (χ0) is 45.1. The van der Waals surface area contributed by atoms with Crippen molar-refractivity contribution in [1.29, 1.82) is 5.26 Å². The molecule has 0 N–H and O–H groups in total. The van der Waals surface area contributed by atoms with Crippen LogP contribution in [0.1, 0.15) is 167 Å². The number of aryl methyl sites for hydroxylation is 1. The lowest BCUT2D eigenvalue weighted by molar-refractivity contribution is 0.331. The molecule has 63 heavy (non-hydrogen) atoms. The third-order valence-electron chi connectivity index (χ3n) is 16.0. The fourth-order valence-corrected chi connectivity index (χ4v) is 13.1. The lowest BCUT2D eigenvalue weighted by Crippen LogP contribution is -2.62. The van der Waals surface area contributed by atoms with Gasteiger partial charge in [-0.3, -0.25) is 0 Å². The van der Waals surface area contributed by atoms with Crippen molar-refractivity contribution >= 4 is 78.0 Å². The summed E-state index contributed by atoms with van der Waals surface area (Å²) in [6, 6.07) is 33.9. The summed E-state index contributed by atoms with van der Waals surface area (Å²) in [5.74, 6) is 0. The highest BCUT2D eigenvalue weighted by atomic mass is 32.1. The Morgan fingerprint density at radius 1 is 0.587 bits per heavy atom. The van der Waals surface area contributed by atoms with Gasteiger partial charge in [0, 0.05) is 33.1 Å². The standard InChI is InChI=1S/C58H66BN3S/c1-34-28-36(53(2,3)4)16-22-44(34)62-46-30-35(33-60)29-45-50(46)59(49-39-31-37(54(5,6)7)17-23-47(39)63-52(49)62)43-21-20-41-48(58(14,15)27-26-56(41,10)11)51(43)61(45)38-18-19-40-42(32-38)57(12,13)25-24-55(40,8)9/h16-23,28-32H,24-27H2,1-15H3. The minimum atomic E-state index is -0.0668. The molecule has 1 aromatic heterocycles. The third-order valence-corrected chi connectivity index (χ3v) is 17.2. The summed E-state index contributed by atoms with van der Waals surface area (Å²) in [6.45, 7) is 35.7. The predicted octanol–water partition coefficient (Wildman–Crippen LogP) is 14.5. The smallest absolute Gasteiger partial charge is 0.254 e. The maximum atomic E-state index is 11.1. The van der Waals surface area contributed by atoms with Crippen molar-refractivity contribution in [3.05, 3.63) is 123 Å². The van der Waals surface area contributed by atoms with Gasteiger partial charge < -0.3 is 9.80 Å². The van der Waals surface area contributed by atoms with Crippen molar-refractivity contribution in [3.8, 4) is 6.07 Å². The van der Waals surface area contributed by atoms with Crippen LogP contribution in [-0.4, -0.2) is 6.71 Å². The molecular formula is C58H66BN3S. The van der Waals surface area contributed by atoms with E-state index in [1.165, 1.54) is 93.9 Å². The number of hydrogen-bond donors (Lipinski definition) is 0. The number of thiophene rings is 1. The van der Waals surface area contributed by atoms with Crippen LogP contribution in [-0.2, 0) is 32.5 Å². The Morgan fingerprint density at radius 2 is 1.16 bits per heavy atom. The molecule has 4 aliphatic rings. The first-order valence-corrected chi connectivity index (χ1v) is 24.3. The minimum absolute atomic E-state index is 0.00769. The van der Waals surface area contributed by atoms with Gasteiger partial charge in [0.05, 0.1) is 16.6 Å². The van der Waals surface area contributed by atoms with E-state index in [0.717, 1.165) is 30.6 Å². The quantitative estimate of drug-likeness (QED) is 0.162. The van der Waals surface area contributed by atoms with Crippen LogP contribution < -0.4 is 26.2 Å². The van der Waals surface area contributed by atoms with Crippen LogP contribution in [0.3, 0.4) is 0 Å². The van der Waals surface area contributed by atoms with Gasteiger partial charge in [0.1, 0.15) is 0 Å². The van der Waals surface area contributed by atoms with Crippen molar-refractivity contribution in [2.45, 2.75) is 162 Å². The summed E-state index contributed by atoms with van der Waals surface area (Å²) >= 11 is 1.91. The highest BCUT2D eigenvalue weighted by molar-refractivity contribution is 7.26. The molecule has 0 atom stereocenters. The number of nitriles is 1.